The van der Waals surface area contributed by atoms with Gasteiger partial charge in [0.25, 0.3) is 0 Å². The van der Waals surface area contributed by atoms with Gasteiger partial charge >= 0.3 is 0 Å². The average molecular weight is 431 g/mol. The van der Waals surface area contributed by atoms with Crippen molar-refractivity contribution in [2.75, 3.05) is 0 Å². The highest BCUT2D eigenvalue weighted by molar-refractivity contribution is 7.90. The second kappa shape index (κ2) is 7.09. The van der Waals surface area contributed by atoms with Crippen molar-refractivity contribution in [1.82, 2.24) is 9.38 Å². The van der Waals surface area contributed by atoms with Gasteiger partial charge in [0, 0.05) is 17.1 Å². The number of benzene rings is 2. The molecule has 2 heterocycles. The van der Waals surface area contributed by atoms with E-state index in [1.807, 2.05) is 36.4 Å². The number of hydrogen-bond acceptors (Lipinski definition) is 5. The molecule has 1 N–H and O–H groups in total. The molecule has 2 aromatic heterocycles. The number of aliphatic hydroxyl groups is 1. The normalized spacial score (nSPS) is 11.8. The Hall–Kier alpha value is -2.61. The molecular formula is C20H15ClN2O3S2. The van der Waals surface area contributed by atoms with Crippen molar-refractivity contribution < 1.29 is 13.5 Å². The van der Waals surface area contributed by atoms with Gasteiger partial charge in [-0.3, -0.25) is 4.40 Å². The zero-order valence-electron chi connectivity index (χ0n) is 14.5. The second-order valence-corrected chi connectivity index (χ2v) is 9.34. The molecule has 8 heteroatoms. The maximum absolute atomic E-state index is 13.2. The zero-order valence-corrected chi connectivity index (χ0v) is 16.9. The van der Waals surface area contributed by atoms with Crippen LogP contribution in [0.5, 0.6) is 0 Å². The molecule has 0 aliphatic carbocycles. The topological polar surface area (TPSA) is 71.7 Å². The van der Waals surface area contributed by atoms with Crippen LogP contribution in [0.2, 0.25) is 5.15 Å². The van der Waals surface area contributed by atoms with E-state index in [9.17, 15) is 13.5 Å². The molecule has 0 spiro atoms. The predicted octanol–water partition coefficient (Wildman–Crippen LogP) is 5.22. The summed E-state index contributed by atoms with van der Waals surface area (Å²) >= 11 is 7.42. The first kappa shape index (κ1) is 18.7. The molecule has 0 fully saturated rings. The van der Waals surface area contributed by atoms with Crippen LogP contribution in [0.4, 0.5) is 0 Å². The summed E-state index contributed by atoms with van der Waals surface area (Å²) in [4.78, 5) is 4.61. The van der Waals surface area contributed by atoms with Crippen LogP contribution in [0.25, 0.3) is 21.8 Å². The molecule has 28 heavy (non-hydrogen) atoms. The van der Waals surface area contributed by atoms with Crippen molar-refractivity contribution in [1.29, 1.82) is 0 Å². The number of thiazole rings is 1. The summed E-state index contributed by atoms with van der Waals surface area (Å²) in [5.41, 5.74) is 2.61. The highest BCUT2D eigenvalue weighted by Gasteiger charge is 2.27. The average Bonchev–Trinajstić information content (AvgIpc) is 3.21. The Morgan fingerprint density at radius 2 is 1.93 bits per heavy atom. The number of aromatic nitrogens is 2. The summed E-state index contributed by atoms with van der Waals surface area (Å²) in [5, 5.41) is 11.6. The lowest BCUT2D eigenvalue weighted by Crippen LogP contribution is -2.10. The molecule has 0 atom stereocenters. The molecule has 0 bridgehead atoms. The van der Waals surface area contributed by atoms with Crippen LogP contribution in [0, 0.1) is 0 Å². The largest absolute Gasteiger partial charge is 0.508 e. The standard InChI is InChI=1S/C20H15ClN2O3S2/c1-13(24)17-8-7-15(14-5-3-2-4-6-14)11-16(17)12-28(25,26)19-18(21)22-20-23(19)9-10-27-20/h2-11,24H,1,12H2. The summed E-state index contributed by atoms with van der Waals surface area (Å²) in [6.45, 7) is 3.56. The third-order valence-corrected chi connectivity index (χ3v) is 7.14. The van der Waals surface area contributed by atoms with Gasteiger partial charge in [-0.15, -0.1) is 11.3 Å². The minimum Gasteiger partial charge on any atom is -0.508 e. The van der Waals surface area contributed by atoms with Crippen LogP contribution >= 0.6 is 22.9 Å². The minimum absolute atomic E-state index is 0.0509. The zero-order chi connectivity index (χ0) is 19.9. The first-order chi connectivity index (χ1) is 13.4. The van der Waals surface area contributed by atoms with E-state index in [4.69, 9.17) is 11.6 Å². The van der Waals surface area contributed by atoms with Crippen LogP contribution in [0.3, 0.4) is 0 Å². The molecule has 5 nitrogen and oxygen atoms in total. The molecule has 2 aromatic carbocycles. The number of sulfone groups is 1. The van der Waals surface area contributed by atoms with Crippen LogP contribution < -0.4 is 0 Å². The molecule has 4 aromatic rings. The number of rotatable bonds is 5. The third-order valence-electron chi connectivity index (χ3n) is 4.34. The van der Waals surface area contributed by atoms with Gasteiger partial charge in [0.05, 0.1) is 5.75 Å². The lowest BCUT2D eigenvalue weighted by molar-refractivity contribution is 0.513. The number of hydrogen-bond donors (Lipinski definition) is 1. The minimum atomic E-state index is -3.83. The molecule has 4 rings (SSSR count). The molecule has 0 unspecified atom stereocenters. The van der Waals surface area contributed by atoms with Crippen molar-refractivity contribution >= 4 is 43.5 Å². The Labute approximate surface area is 171 Å². The highest BCUT2D eigenvalue weighted by Crippen LogP contribution is 2.31. The van der Waals surface area contributed by atoms with E-state index in [1.54, 1.807) is 23.7 Å². The third kappa shape index (κ3) is 3.32. The van der Waals surface area contributed by atoms with Gasteiger partial charge in [-0.1, -0.05) is 60.6 Å². The van der Waals surface area contributed by atoms with E-state index >= 15 is 0 Å². The molecule has 0 aliphatic heterocycles. The maximum Gasteiger partial charge on any atom is 0.201 e. The number of fused-ring (bicyclic) bond motifs is 1. The van der Waals surface area contributed by atoms with Gasteiger partial charge in [-0.25, -0.2) is 13.4 Å². The van der Waals surface area contributed by atoms with E-state index in [-0.39, 0.29) is 21.7 Å². The Balaban J connectivity index is 1.83. The fraction of sp³-hybridized carbons (Fsp3) is 0.0500. The molecular weight excluding hydrogens is 416 g/mol. The van der Waals surface area contributed by atoms with Crippen LogP contribution in [-0.2, 0) is 15.6 Å². The summed E-state index contributed by atoms with van der Waals surface area (Å²) in [7, 11) is -3.83. The summed E-state index contributed by atoms with van der Waals surface area (Å²) in [6, 6.07) is 14.8. The van der Waals surface area contributed by atoms with Gasteiger partial charge in [-0.2, -0.15) is 0 Å². The summed E-state index contributed by atoms with van der Waals surface area (Å²) < 4.78 is 27.8. The van der Waals surface area contributed by atoms with Crippen molar-refractivity contribution in [3.63, 3.8) is 0 Å². The van der Waals surface area contributed by atoms with Gasteiger partial charge < -0.3 is 5.11 Å². The lowest BCUT2D eigenvalue weighted by Gasteiger charge is -2.12. The van der Waals surface area contributed by atoms with E-state index in [2.05, 4.69) is 11.6 Å². The molecule has 0 aliphatic rings. The molecule has 0 saturated heterocycles. The SMILES string of the molecule is C=C(O)c1ccc(-c2ccccc2)cc1CS(=O)(=O)c1c(Cl)nc2sccn12. The smallest absolute Gasteiger partial charge is 0.201 e. The monoisotopic (exact) mass is 430 g/mol. The Morgan fingerprint density at radius 1 is 1.18 bits per heavy atom. The quantitative estimate of drug-likeness (QED) is 0.440. The van der Waals surface area contributed by atoms with Gasteiger partial charge in [0.15, 0.2) is 15.1 Å². The number of nitrogens with zero attached hydrogens (tertiary/aromatic N) is 2. The summed E-state index contributed by atoms with van der Waals surface area (Å²) in [6.07, 6.45) is 1.62. The summed E-state index contributed by atoms with van der Waals surface area (Å²) in [5.74, 6) is -0.531. The van der Waals surface area contributed by atoms with E-state index in [1.165, 1.54) is 15.7 Å². The van der Waals surface area contributed by atoms with Crippen LogP contribution in [0.1, 0.15) is 11.1 Å². The predicted molar refractivity (Wildman–Crippen MR) is 113 cm³/mol. The molecule has 0 amide bonds. The van der Waals surface area contributed by atoms with E-state index in [0.29, 0.717) is 16.1 Å². The second-order valence-electron chi connectivity index (χ2n) is 6.21. The molecule has 0 radical (unpaired) electrons. The van der Waals surface area contributed by atoms with Crippen molar-refractivity contribution in [2.24, 2.45) is 0 Å². The maximum atomic E-state index is 13.2. The van der Waals surface area contributed by atoms with E-state index < -0.39 is 9.84 Å². The van der Waals surface area contributed by atoms with Gasteiger partial charge in [0.2, 0.25) is 9.84 Å². The highest BCUT2D eigenvalue weighted by atomic mass is 35.5. The fourth-order valence-electron chi connectivity index (χ4n) is 3.09. The van der Waals surface area contributed by atoms with Crippen LogP contribution in [-0.4, -0.2) is 22.9 Å². The first-order valence-electron chi connectivity index (χ1n) is 8.27. The molecule has 142 valence electrons. The first-order valence-corrected chi connectivity index (χ1v) is 11.2. The Bertz CT molecular complexity index is 1290. The van der Waals surface area contributed by atoms with E-state index in [0.717, 1.165) is 11.1 Å². The number of imidazole rings is 1. The van der Waals surface area contributed by atoms with Crippen molar-refractivity contribution in [3.05, 3.63) is 83.0 Å². The van der Waals surface area contributed by atoms with Gasteiger partial charge in [0.1, 0.15) is 5.76 Å². The van der Waals surface area contributed by atoms with Crippen LogP contribution in [0.15, 0.2) is 71.7 Å². The number of aliphatic hydroxyl groups excluding tert-OH is 1. The Morgan fingerprint density at radius 3 is 2.64 bits per heavy atom. The number of halogens is 1. The van der Waals surface area contributed by atoms with Gasteiger partial charge in [-0.05, 0) is 22.8 Å². The fourth-order valence-corrected chi connectivity index (χ4v) is 5.97. The van der Waals surface area contributed by atoms with Crippen molar-refractivity contribution in [2.45, 2.75) is 10.8 Å². The van der Waals surface area contributed by atoms with Crippen molar-refractivity contribution in [3.8, 4) is 11.1 Å². The molecule has 0 saturated carbocycles. The lowest BCUT2D eigenvalue weighted by atomic mass is 9.99. The Kier molecular flexibility index (Phi) is 4.74.